The molecular weight excluding hydrogens is 508 g/mol. The Kier molecular flexibility index (Phi) is 7.98. The third-order valence-corrected chi connectivity index (χ3v) is 7.27. The number of halogens is 4. The average Bonchev–Trinajstić information content (AvgIpc) is 2.86. The van der Waals surface area contributed by atoms with Gasteiger partial charge >= 0.3 is 12.1 Å². The number of anilines is 2. The maximum Gasteiger partial charge on any atom is 0.416 e. The quantitative estimate of drug-likeness (QED) is 0.403. The van der Waals surface area contributed by atoms with E-state index in [9.17, 15) is 32.3 Å². The first-order valence-electron chi connectivity index (χ1n) is 12.3. The van der Waals surface area contributed by atoms with Crippen molar-refractivity contribution in [1.29, 1.82) is 0 Å². The van der Waals surface area contributed by atoms with Crippen molar-refractivity contribution >= 4 is 23.3 Å². The number of amides is 1. The second-order valence-electron chi connectivity index (χ2n) is 10.3. The smallest absolute Gasteiger partial charge is 0.416 e. The van der Waals surface area contributed by atoms with Crippen molar-refractivity contribution in [1.82, 2.24) is 0 Å². The molecule has 4 rings (SSSR count). The number of rotatable bonds is 8. The van der Waals surface area contributed by atoms with Crippen LogP contribution in [-0.2, 0) is 25.2 Å². The monoisotopic (exact) mass is 538 g/mol. The van der Waals surface area contributed by atoms with Crippen LogP contribution in [0.25, 0.3) is 0 Å². The van der Waals surface area contributed by atoms with Gasteiger partial charge in [-0.15, -0.1) is 0 Å². The van der Waals surface area contributed by atoms with Gasteiger partial charge in [0.05, 0.1) is 49.0 Å². The first-order chi connectivity index (χ1) is 17.9. The van der Waals surface area contributed by atoms with Crippen molar-refractivity contribution in [3.05, 3.63) is 59.4 Å². The van der Waals surface area contributed by atoms with Crippen LogP contribution in [0.15, 0.2) is 42.5 Å². The van der Waals surface area contributed by atoms with Gasteiger partial charge in [0.2, 0.25) is 5.91 Å². The van der Waals surface area contributed by atoms with E-state index in [-0.39, 0.29) is 11.8 Å². The van der Waals surface area contributed by atoms with Crippen LogP contribution in [0, 0.1) is 23.1 Å². The minimum Gasteiger partial charge on any atom is -0.481 e. The number of ether oxygens (including phenoxy) is 2. The molecule has 206 valence electrons. The highest BCUT2D eigenvalue weighted by Crippen LogP contribution is 2.44. The summed E-state index contributed by atoms with van der Waals surface area (Å²) in [7, 11) is 1.75. The van der Waals surface area contributed by atoms with Crippen molar-refractivity contribution in [2.75, 3.05) is 37.5 Å². The number of carbonyl (C=O) groups excluding carboxylic acids is 1. The second kappa shape index (κ2) is 10.9. The lowest BCUT2D eigenvalue weighted by atomic mass is 9.67. The van der Waals surface area contributed by atoms with Gasteiger partial charge in [-0.3, -0.25) is 9.59 Å². The van der Waals surface area contributed by atoms with E-state index in [2.05, 4.69) is 10.6 Å². The molecule has 1 aliphatic heterocycles. The maximum absolute atomic E-state index is 14.5. The molecule has 7 nitrogen and oxygen atoms in total. The Morgan fingerprint density at radius 2 is 1.82 bits per heavy atom. The van der Waals surface area contributed by atoms with E-state index in [4.69, 9.17) is 9.47 Å². The number of nitrogens with one attached hydrogen (secondary N) is 2. The maximum atomic E-state index is 14.5. The minimum atomic E-state index is -4.75. The number of alkyl halides is 3. The second-order valence-corrected chi connectivity index (χ2v) is 10.3. The number of hydrogen-bond donors (Lipinski definition) is 3. The predicted molar refractivity (Wildman–Crippen MR) is 131 cm³/mol. The van der Waals surface area contributed by atoms with Crippen LogP contribution in [-0.4, -0.2) is 50.0 Å². The van der Waals surface area contributed by atoms with E-state index < -0.39 is 59.0 Å². The fraction of sp³-hybridized carbons (Fsp3) is 0.481. The zero-order chi connectivity index (χ0) is 27.7. The third-order valence-electron chi connectivity index (χ3n) is 7.27. The van der Waals surface area contributed by atoms with Gasteiger partial charge in [0.25, 0.3) is 0 Å². The van der Waals surface area contributed by atoms with E-state index in [1.807, 2.05) is 6.92 Å². The fourth-order valence-corrected chi connectivity index (χ4v) is 5.10. The van der Waals surface area contributed by atoms with Crippen LogP contribution < -0.4 is 10.6 Å². The molecule has 1 saturated carbocycles. The van der Waals surface area contributed by atoms with Crippen LogP contribution in [0.1, 0.15) is 36.8 Å². The van der Waals surface area contributed by atoms with Crippen molar-refractivity contribution < 1.29 is 41.7 Å². The zero-order valence-electron chi connectivity index (χ0n) is 21.0. The largest absolute Gasteiger partial charge is 0.481 e. The Balaban J connectivity index is 1.61. The Labute approximate surface area is 217 Å². The summed E-state index contributed by atoms with van der Waals surface area (Å²) in [5.41, 5.74) is -0.282. The average molecular weight is 539 g/mol. The van der Waals surface area contributed by atoms with Gasteiger partial charge in [0.1, 0.15) is 5.82 Å². The molecule has 0 radical (unpaired) electrons. The summed E-state index contributed by atoms with van der Waals surface area (Å²) < 4.78 is 64.7. The lowest BCUT2D eigenvalue weighted by Gasteiger charge is -2.42. The van der Waals surface area contributed by atoms with Crippen molar-refractivity contribution in [2.24, 2.45) is 17.3 Å². The zero-order valence-corrected chi connectivity index (χ0v) is 21.0. The summed E-state index contributed by atoms with van der Waals surface area (Å²) in [6.45, 7) is 3.43. The Morgan fingerprint density at radius 3 is 2.34 bits per heavy atom. The molecule has 1 aliphatic carbocycles. The van der Waals surface area contributed by atoms with Gasteiger partial charge in [0, 0.05) is 24.1 Å². The highest BCUT2D eigenvalue weighted by atomic mass is 19.4. The summed E-state index contributed by atoms with van der Waals surface area (Å²) in [4.78, 5) is 25.8. The van der Waals surface area contributed by atoms with Crippen LogP contribution in [0.4, 0.5) is 28.9 Å². The van der Waals surface area contributed by atoms with Gasteiger partial charge in [-0.05, 0) is 48.7 Å². The topological polar surface area (TPSA) is 96.9 Å². The van der Waals surface area contributed by atoms with E-state index in [1.165, 1.54) is 0 Å². The third kappa shape index (κ3) is 6.10. The first kappa shape index (κ1) is 27.8. The Morgan fingerprint density at radius 1 is 1.13 bits per heavy atom. The van der Waals surface area contributed by atoms with Crippen molar-refractivity contribution in [3.63, 3.8) is 0 Å². The SMILES string of the molecule is CNc1ccc([C@H]2CC(OCC3(C)COC3)CC(C(=O)Nc3ccc(C(F)(F)F)cc3F)C2C(=O)O)cc1. The molecule has 2 aromatic rings. The van der Waals surface area contributed by atoms with Crippen LogP contribution in [0.3, 0.4) is 0 Å². The molecule has 0 bridgehead atoms. The molecule has 2 aromatic carbocycles. The van der Waals surface area contributed by atoms with Crippen molar-refractivity contribution in [2.45, 2.75) is 38.0 Å². The number of carboxylic acid groups (broad SMARTS) is 1. The molecule has 3 unspecified atom stereocenters. The molecule has 2 aliphatic rings. The molecule has 0 aromatic heterocycles. The summed E-state index contributed by atoms with van der Waals surface area (Å²) >= 11 is 0. The number of aliphatic carboxylic acids is 1. The molecule has 4 atom stereocenters. The van der Waals surface area contributed by atoms with Gasteiger partial charge in [-0.2, -0.15) is 13.2 Å². The molecule has 2 fully saturated rings. The normalized spacial score (nSPS) is 24.8. The van der Waals surface area contributed by atoms with Gasteiger partial charge < -0.3 is 25.2 Å². The molecular formula is C27H30F4N2O5. The summed E-state index contributed by atoms with van der Waals surface area (Å²) in [5.74, 6) is -6.11. The van der Waals surface area contributed by atoms with Gasteiger partial charge in [0.15, 0.2) is 0 Å². The molecule has 38 heavy (non-hydrogen) atoms. The lowest BCUT2D eigenvalue weighted by molar-refractivity contribution is -0.164. The molecule has 1 saturated heterocycles. The van der Waals surface area contributed by atoms with E-state index in [0.717, 1.165) is 11.8 Å². The molecule has 3 N–H and O–H groups in total. The molecule has 1 heterocycles. The number of hydrogen-bond acceptors (Lipinski definition) is 5. The van der Waals surface area contributed by atoms with E-state index in [1.54, 1.807) is 31.3 Å². The first-order valence-corrected chi connectivity index (χ1v) is 12.3. The standard InChI is InChI=1S/C27H30F4N2O5/c1-26(12-37-13-26)14-38-18-10-19(15-3-6-17(32-2)7-4-15)23(25(35)36)20(11-18)24(34)33-22-8-5-16(9-21(22)28)27(29,30)31/h3-9,18-20,23,32H,10-14H2,1-2H3,(H,33,34)(H,35,36)/t18?,19-,20?,23?/m1/s1. The predicted octanol–water partition coefficient (Wildman–Crippen LogP) is 5.14. The van der Waals surface area contributed by atoms with Crippen LogP contribution in [0.2, 0.25) is 0 Å². The van der Waals surface area contributed by atoms with Crippen LogP contribution in [0.5, 0.6) is 0 Å². The van der Waals surface area contributed by atoms with E-state index in [0.29, 0.717) is 43.9 Å². The highest BCUT2D eigenvalue weighted by molar-refractivity contribution is 5.95. The highest BCUT2D eigenvalue weighted by Gasteiger charge is 2.47. The van der Waals surface area contributed by atoms with Crippen molar-refractivity contribution in [3.8, 4) is 0 Å². The Hall–Kier alpha value is -3.18. The molecule has 11 heteroatoms. The number of benzene rings is 2. The fourth-order valence-electron chi connectivity index (χ4n) is 5.10. The van der Waals surface area contributed by atoms with Crippen LogP contribution >= 0.6 is 0 Å². The van der Waals surface area contributed by atoms with Gasteiger partial charge in [-0.25, -0.2) is 4.39 Å². The summed E-state index contributed by atoms with van der Waals surface area (Å²) in [6.07, 6.45) is -4.80. The number of carboxylic acids is 1. The molecule has 1 amide bonds. The summed E-state index contributed by atoms with van der Waals surface area (Å²) in [6, 6.07) is 8.98. The number of carbonyl (C=O) groups is 2. The Bertz CT molecular complexity index is 1170. The van der Waals surface area contributed by atoms with Gasteiger partial charge in [-0.1, -0.05) is 19.1 Å². The van der Waals surface area contributed by atoms with E-state index >= 15 is 0 Å². The minimum absolute atomic E-state index is 0.0626. The molecule has 0 spiro atoms. The lowest BCUT2D eigenvalue weighted by Crippen LogP contribution is -2.48. The summed E-state index contributed by atoms with van der Waals surface area (Å²) in [5, 5.41) is 15.5.